The minimum Gasteiger partial charge on any atom is -0.481 e. The van der Waals surface area contributed by atoms with Crippen LogP contribution < -0.4 is 5.32 Å². The molecule has 5 heteroatoms. The van der Waals surface area contributed by atoms with Gasteiger partial charge in [0, 0.05) is 10.2 Å². The topological polar surface area (TPSA) is 66.4 Å². The molecule has 4 nitrogen and oxygen atoms in total. The zero-order valence-electron chi connectivity index (χ0n) is 10.6. The normalized spacial score (nSPS) is 30.4. The number of amides is 1. The standard InChI is InChI=1S/C15H14BrNO3/c16-10-2-1-3-11(7-10)17-14(18)12-8-4-5-9(6-8)13(12)15(19)20/h1-5,7-9,12-13H,6H2,(H,17,18)(H,19,20)/t8-,9+,12+,13-/m0/s1. The van der Waals surface area contributed by atoms with E-state index in [9.17, 15) is 14.7 Å². The van der Waals surface area contributed by atoms with Crippen LogP contribution in [0.1, 0.15) is 6.42 Å². The number of fused-ring (bicyclic) bond motifs is 2. The van der Waals surface area contributed by atoms with Gasteiger partial charge < -0.3 is 10.4 Å². The van der Waals surface area contributed by atoms with Crippen LogP contribution in [-0.4, -0.2) is 17.0 Å². The van der Waals surface area contributed by atoms with Gasteiger partial charge in [-0.05, 0) is 36.5 Å². The van der Waals surface area contributed by atoms with Crippen LogP contribution in [0, 0.1) is 23.7 Å². The third-order valence-electron chi connectivity index (χ3n) is 4.14. The van der Waals surface area contributed by atoms with E-state index in [1.807, 2.05) is 24.3 Å². The van der Waals surface area contributed by atoms with Crippen LogP contribution in [-0.2, 0) is 9.59 Å². The molecule has 0 aliphatic heterocycles. The smallest absolute Gasteiger partial charge is 0.307 e. The number of hydrogen-bond acceptors (Lipinski definition) is 2. The van der Waals surface area contributed by atoms with E-state index in [2.05, 4.69) is 21.2 Å². The van der Waals surface area contributed by atoms with Gasteiger partial charge in [0.15, 0.2) is 0 Å². The van der Waals surface area contributed by atoms with Gasteiger partial charge >= 0.3 is 5.97 Å². The van der Waals surface area contributed by atoms with Gasteiger partial charge in [-0.1, -0.05) is 34.1 Å². The Balaban J connectivity index is 1.80. The number of benzene rings is 1. The van der Waals surface area contributed by atoms with Gasteiger partial charge in [-0.3, -0.25) is 9.59 Å². The molecule has 3 rings (SSSR count). The highest BCUT2D eigenvalue weighted by molar-refractivity contribution is 9.10. The third kappa shape index (κ3) is 2.26. The molecule has 1 amide bonds. The highest BCUT2D eigenvalue weighted by Crippen LogP contribution is 2.48. The zero-order valence-corrected chi connectivity index (χ0v) is 12.2. The molecule has 0 unspecified atom stereocenters. The Morgan fingerprint density at radius 1 is 1.20 bits per heavy atom. The number of carboxylic acid groups (broad SMARTS) is 1. The number of anilines is 1. The Morgan fingerprint density at radius 2 is 1.90 bits per heavy atom. The summed E-state index contributed by atoms with van der Waals surface area (Å²) in [6.45, 7) is 0. The van der Waals surface area contributed by atoms with Crippen LogP contribution in [0.2, 0.25) is 0 Å². The van der Waals surface area contributed by atoms with Crippen LogP contribution in [0.4, 0.5) is 5.69 Å². The number of halogens is 1. The van der Waals surface area contributed by atoms with Crippen molar-refractivity contribution in [3.05, 3.63) is 40.9 Å². The minimum atomic E-state index is -0.878. The lowest BCUT2D eigenvalue weighted by molar-refractivity contribution is -0.146. The molecule has 0 aromatic heterocycles. The van der Waals surface area contributed by atoms with Gasteiger partial charge in [0.05, 0.1) is 11.8 Å². The van der Waals surface area contributed by atoms with Crippen molar-refractivity contribution in [2.24, 2.45) is 23.7 Å². The van der Waals surface area contributed by atoms with E-state index >= 15 is 0 Å². The SMILES string of the molecule is O=C(O)[C@@H]1[C@H](C(=O)Nc2cccc(Br)c2)[C@H]2C=C[C@@H]1C2. The Kier molecular flexibility index (Phi) is 3.38. The minimum absolute atomic E-state index is 0.00393. The van der Waals surface area contributed by atoms with E-state index in [1.165, 1.54) is 0 Å². The third-order valence-corrected chi connectivity index (χ3v) is 4.63. The van der Waals surface area contributed by atoms with Crippen molar-refractivity contribution in [2.75, 3.05) is 5.32 Å². The van der Waals surface area contributed by atoms with E-state index in [0.29, 0.717) is 5.69 Å². The van der Waals surface area contributed by atoms with Crippen molar-refractivity contribution in [2.45, 2.75) is 6.42 Å². The zero-order chi connectivity index (χ0) is 14.3. The molecule has 104 valence electrons. The molecule has 20 heavy (non-hydrogen) atoms. The second kappa shape index (κ2) is 5.05. The molecule has 1 aromatic rings. The summed E-state index contributed by atoms with van der Waals surface area (Å²) in [5, 5.41) is 12.2. The number of carboxylic acids is 1. The highest BCUT2D eigenvalue weighted by atomic mass is 79.9. The predicted octanol–water partition coefficient (Wildman–Crippen LogP) is 2.91. The van der Waals surface area contributed by atoms with Crippen LogP contribution >= 0.6 is 15.9 Å². The lowest BCUT2D eigenvalue weighted by Gasteiger charge is -2.23. The summed E-state index contributed by atoms with van der Waals surface area (Å²) in [6, 6.07) is 7.29. The Morgan fingerprint density at radius 3 is 2.55 bits per heavy atom. The van der Waals surface area contributed by atoms with Gasteiger partial charge in [-0.25, -0.2) is 0 Å². The van der Waals surface area contributed by atoms with Gasteiger partial charge in [-0.2, -0.15) is 0 Å². The van der Waals surface area contributed by atoms with Crippen molar-refractivity contribution in [1.29, 1.82) is 0 Å². The molecule has 0 spiro atoms. The van der Waals surface area contributed by atoms with E-state index < -0.39 is 17.8 Å². The molecule has 2 aliphatic carbocycles. The average Bonchev–Trinajstić information content (AvgIpc) is 2.98. The predicted molar refractivity (Wildman–Crippen MR) is 78.1 cm³/mol. The van der Waals surface area contributed by atoms with Crippen LogP contribution in [0.25, 0.3) is 0 Å². The molecule has 0 radical (unpaired) electrons. The summed E-state index contributed by atoms with van der Waals surface area (Å²) in [6.07, 6.45) is 4.69. The Hall–Kier alpha value is -1.62. The molecule has 4 atom stereocenters. The summed E-state index contributed by atoms with van der Waals surface area (Å²) in [4.78, 5) is 23.8. The van der Waals surface area contributed by atoms with Gasteiger partial charge in [0.2, 0.25) is 5.91 Å². The molecule has 2 N–H and O–H groups in total. The lowest BCUT2D eigenvalue weighted by Crippen LogP contribution is -2.36. The number of hydrogen-bond donors (Lipinski definition) is 2. The summed E-state index contributed by atoms with van der Waals surface area (Å²) >= 11 is 3.35. The maximum atomic E-state index is 12.4. The quantitative estimate of drug-likeness (QED) is 0.834. The molecular formula is C15H14BrNO3. The first kappa shape index (κ1) is 13.4. The highest BCUT2D eigenvalue weighted by Gasteiger charge is 2.51. The largest absolute Gasteiger partial charge is 0.481 e. The molecule has 1 aromatic carbocycles. The van der Waals surface area contributed by atoms with E-state index in [0.717, 1.165) is 10.9 Å². The van der Waals surface area contributed by atoms with Gasteiger partial charge in [0.1, 0.15) is 0 Å². The molecule has 1 saturated carbocycles. The summed E-state index contributed by atoms with van der Waals surface area (Å²) in [7, 11) is 0. The van der Waals surface area contributed by atoms with Gasteiger partial charge in [-0.15, -0.1) is 0 Å². The summed E-state index contributed by atoms with van der Waals surface area (Å²) in [5.41, 5.74) is 0.681. The Bertz CT molecular complexity index is 599. The molecule has 0 saturated heterocycles. The molecular weight excluding hydrogens is 322 g/mol. The number of carbonyl (C=O) groups excluding carboxylic acids is 1. The van der Waals surface area contributed by atoms with Crippen molar-refractivity contribution in [3.63, 3.8) is 0 Å². The lowest BCUT2D eigenvalue weighted by atomic mass is 9.82. The van der Waals surface area contributed by atoms with E-state index in [1.54, 1.807) is 12.1 Å². The fraction of sp³-hybridized carbons (Fsp3) is 0.333. The number of carbonyl (C=O) groups is 2. The monoisotopic (exact) mass is 335 g/mol. The second-order valence-corrected chi connectivity index (χ2v) is 6.25. The first-order chi connectivity index (χ1) is 9.56. The van der Waals surface area contributed by atoms with Crippen LogP contribution in [0.15, 0.2) is 40.9 Å². The molecule has 2 bridgehead atoms. The molecule has 1 fully saturated rings. The number of aliphatic carboxylic acids is 1. The van der Waals surface area contributed by atoms with Crippen molar-refractivity contribution in [1.82, 2.24) is 0 Å². The second-order valence-electron chi connectivity index (χ2n) is 5.34. The van der Waals surface area contributed by atoms with Crippen molar-refractivity contribution < 1.29 is 14.7 Å². The van der Waals surface area contributed by atoms with E-state index in [-0.39, 0.29) is 17.7 Å². The summed E-state index contributed by atoms with van der Waals surface area (Å²) in [5.74, 6) is -2.11. The van der Waals surface area contributed by atoms with Crippen LogP contribution in [0.5, 0.6) is 0 Å². The Labute approximate surface area is 125 Å². The maximum absolute atomic E-state index is 12.4. The molecule has 2 aliphatic rings. The first-order valence-corrected chi connectivity index (χ1v) is 7.33. The van der Waals surface area contributed by atoms with Crippen molar-refractivity contribution >= 4 is 33.5 Å². The fourth-order valence-electron chi connectivity index (χ4n) is 3.31. The maximum Gasteiger partial charge on any atom is 0.307 e. The van der Waals surface area contributed by atoms with E-state index in [4.69, 9.17) is 0 Å². The molecule has 0 heterocycles. The number of rotatable bonds is 3. The first-order valence-electron chi connectivity index (χ1n) is 6.54. The van der Waals surface area contributed by atoms with Gasteiger partial charge in [0.25, 0.3) is 0 Å². The van der Waals surface area contributed by atoms with Crippen LogP contribution in [0.3, 0.4) is 0 Å². The average molecular weight is 336 g/mol. The number of allylic oxidation sites excluding steroid dienone is 2. The fourth-order valence-corrected chi connectivity index (χ4v) is 3.71. The van der Waals surface area contributed by atoms with Crippen molar-refractivity contribution in [3.8, 4) is 0 Å². The number of nitrogens with one attached hydrogen (secondary N) is 1. The summed E-state index contributed by atoms with van der Waals surface area (Å²) < 4.78 is 0.873.